The molecule has 0 spiro atoms. The van der Waals surface area contributed by atoms with E-state index in [4.69, 9.17) is 20.4 Å². The molecule has 0 rings (SSSR count). The normalized spacial score (nSPS) is 15.5. The molecule has 64 valence electrons. The van der Waals surface area contributed by atoms with Crippen LogP contribution in [0.3, 0.4) is 0 Å². The van der Waals surface area contributed by atoms with Crippen LogP contribution in [0.4, 0.5) is 0 Å². The van der Waals surface area contributed by atoms with Crippen molar-refractivity contribution in [3.05, 3.63) is 0 Å². The first-order valence-electron chi connectivity index (χ1n) is 2.73. The second-order valence-electron chi connectivity index (χ2n) is 1.85. The Balaban J connectivity index is 4.12. The molecule has 0 aliphatic rings. The summed E-state index contributed by atoms with van der Waals surface area (Å²) in [5.74, 6) is -2.83. The number of rotatable bonds is 4. The number of aliphatic hydroxyl groups excluding tert-OH is 3. The number of hydrogen-bond acceptors (Lipinski definition) is 5. The van der Waals surface area contributed by atoms with Crippen LogP contribution in [-0.4, -0.2) is 51.0 Å². The Morgan fingerprint density at radius 1 is 1.18 bits per heavy atom. The molecule has 2 unspecified atom stereocenters. The van der Waals surface area contributed by atoms with E-state index in [0.717, 1.165) is 0 Å². The number of carboxylic acid groups (broad SMARTS) is 1. The van der Waals surface area contributed by atoms with Crippen LogP contribution >= 0.6 is 0 Å². The van der Waals surface area contributed by atoms with Gasteiger partial charge in [0.25, 0.3) is 0 Å². The Morgan fingerprint density at radius 3 is 1.91 bits per heavy atom. The van der Waals surface area contributed by atoms with Crippen molar-refractivity contribution in [2.24, 2.45) is 0 Å². The van der Waals surface area contributed by atoms with Gasteiger partial charge in [0.2, 0.25) is 0 Å². The number of Topliss-reactive ketones (excluding diaryl/α,β-unsaturated/α-hetero) is 1. The van der Waals surface area contributed by atoms with Crippen LogP contribution in [0.1, 0.15) is 0 Å². The lowest BCUT2D eigenvalue weighted by molar-refractivity contribution is -0.158. The van der Waals surface area contributed by atoms with Gasteiger partial charge in [-0.15, -0.1) is 0 Å². The lowest BCUT2D eigenvalue weighted by Gasteiger charge is -2.10. The Morgan fingerprint density at radius 2 is 1.64 bits per heavy atom. The van der Waals surface area contributed by atoms with Gasteiger partial charge in [-0.2, -0.15) is 0 Å². The lowest BCUT2D eigenvalue weighted by Crippen LogP contribution is -2.40. The first-order valence-corrected chi connectivity index (χ1v) is 2.73. The van der Waals surface area contributed by atoms with Gasteiger partial charge < -0.3 is 20.4 Å². The van der Waals surface area contributed by atoms with Crippen molar-refractivity contribution in [3.63, 3.8) is 0 Å². The number of aliphatic hydroxyl groups is 3. The highest BCUT2D eigenvalue weighted by Crippen LogP contribution is 1.94. The molecule has 6 heteroatoms. The molecule has 0 saturated heterocycles. The number of aliphatic carboxylic acids is 1. The molecule has 0 fully saturated rings. The Hall–Kier alpha value is -0.980. The van der Waals surface area contributed by atoms with Gasteiger partial charge in [-0.3, -0.25) is 4.79 Å². The molecule has 0 aromatic carbocycles. The van der Waals surface area contributed by atoms with E-state index < -0.39 is 30.6 Å². The highest BCUT2D eigenvalue weighted by atomic mass is 16.4. The van der Waals surface area contributed by atoms with E-state index in [9.17, 15) is 9.59 Å². The SMILES string of the molecule is O=C(O)C(O)C(O)C(=O)CO. The van der Waals surface area contributed by atoms with Gasteiger partial charge in [0.15, 0.2) is 18.0 Å². The fourth-order valence-electron chi connectivity index (χ4n) is 0.405. The number of carbonyl (C=O) groups is 2. The van der Waals surface area contributed by atoms with Crippen molar-refractivity contribution in [3.8, 4) is 0 Å². The minimum Gasteiger partial charge on any atom is -0.479 e. The predicted molar refractivity (Wildman–Crippen MR) is 31.7 cm³/mol. The number of carboxylic acids is 1. The van der Waals surface area contributed by atoms with E-state index in [1.807, 2.05) is 0 Å². The molecular weight excluding hydrogens is 156 g/mol. The smallest absolute Gasteiger partial charge is 0.335 e. The zero-order valence-corrected chi connectivity index (χ0v) is 5.47. The predicted octanol–water partition coefficient (Wildman–Crippen LogP) is -2.65. The topological polar surface area (TPSA) is 115 Å². The summed E-state index contributed by atoms with van der Waals surface area (Å²) in [6.07, 6.45) is -4.23. The minimum atomic E-state index is -2.17. The third-order valence-corrected chi connectivity index (χ3v) is 1.04. The molecule has 0 aliphatic carbocycles. The van der Waals surface area contributed by atoms with Gasteiger partial charge in [-0.05, 0) is 0 Å². The van der Waals surface area contributed by atoms with Gasteiger partial charge in [0.05, 0.1) is 0 Å². The van der Waals surface area contributed by atoms with E-state index in [1.165, 1.54) is 0 Å². The average Bonchev–Trinajstić information content (AvgIpc) is 2.00. The Labute approximate surface area is 61.7 Å². The van der Waals surface area contributed by atoms with Crippen molar-refractivity contribution >= 4 is 11.8 Å². The molecule has 11 heavy (non-hydrogen) atoms. The van der Waals surface area contributed by atoms with Gasteiger partial charge in [0, 0.05) is 0 Å². The number of hydrogen-bond donors (Lipinski definition) is 4. The minimum absolute atomic E-state index is 0.995. The first-order chi connectivity index (χ1) is 5.00. The largest absolute Gasteiger partial charge is 0.479 e. The monoisotopic (exact) mass is 164 g/mol. The van der Waals surface area contributed by atoms with Crippen LogP contribution in [0.2, 0.25) is 0 Å². The Kier molecular flexibility index (Phi) is 3.66. The summed E-state index contributed by atoms with van der Waals surface area (Å²) in [5, 5.41) is 33.3. The number of carbonyl (C=O) groups excluding carboxylic acids is 1. The third-order valence-electron chi connectivity index (χ3n) is 1.04. The third kappa shape index (κ3) is 2.62. The van der Waals surface area contributed by atoms with E-state index >= 15 is 0 Å². The van der Waals surface area contributed by atoms with Crippen LogP contribution in [0.15, 0.2) is 0 Å². The molecule has 0 aliphatic heterocycles. The average molecular weight is 164 g/mol. The first kappa shape index (κ1) is 10.0. The summed E-state index contributed by atoms with van der Waals surface area (Å²) in [6, 6.07) is 0. The molecular formula is C5H8O6. The fourth-order valence-corrected chi connectivity index (χ4v) is 0.405. The van der Waals surface area contributed by atoms with E-state index in [1.54, 1.807) is 0 Å². The quantitative estimate of drug-likeness (QED) is 0.361. The molecule has 0 aromatic heterocycles. The fraction of sp³-hybridized carbons (Fsp3) is 0.600. The zero-order chi connectivity index (χ0) is 9.02. The summed E-state index contributed by atoms with van der Waals surface area (Å²) >= 11 is 0. The molecule has 2 atom stereocenters. The van der Waals surface area contributed by atoms with Gasteiger partial charge in [0.1, 0.15) is 6.61 Å². The van der Waals surface area contributed by atoms with Crippen LogP contribution in [0.5, 0.6) is 0 Å². The molecule has 0 saturated carbocycles. The van der Waals surface area contributed by atoms with Crippen LogP contribution in [0, 0.1) is 0 Å². The number of ketones is 1. The maximum atomic E-state index is 10.3. The molecule has 6 nitrogen and oxygen atoms in total. The molecule has 0 heterocycles. The van der Waals surface area contributed by atoms with Crippen molar-refractivity contribution < 1.29 is 30.0 Å². The van der Waals surface area contributed by atoms with Crippen LogP contribution < -0.4 is 0 Å². The van der Waals surface area contributed by atoms with E-state index in [-0.39, 0.29) is 0 Å². The van der Waals surface area contributed by atoms with Gasteiger partial charge in [-0.1, -0.05) is 0 Å². The van der Waals surface area contributed by atoms with Crippen LogP contribution in [-0.2, 0) is 9.59 Å². The summed E-state index contributed by atoms with van der Waals surface area (Å²) in [4.78, 5) is 20.3. The Bertz CT molecular complexity index is 164. The van der Waals surface area contributed by atoms with Gasteiger partial charge in [-0.25, -0.2) is 4.79 Å². The zero-order valence-electron chi connectivity index (χ0n) is 5.47. The lowest BCUT2D eigenvalue weighted by atomic mass is 10.1. The second kappa shape index (κ2) is 4.02. The van der Waals surface area contributed by atoms with Crippen molar-refractivity contribution in [2.75, 3.05) is 6.61 Å². The standard InChI is InChI=1S/C5H8O6/c6-1-2(7)3(8)4(9)5(10)11/h3-4,6,8-9H,1H2,(H,10,11). The second-order valence-corrected chi connectivity index (χ2v) is 1.85. The van der Waals surface area contributed by atoms with E-state index in [0.29, 0.717) is 0 Å². The molecule has 4 N–H and O–H groups in total. The molecule has 0 bridgehead atoms. The highest BCUT2D eigenvalue weighted by molar-refractivity contribution is 5.89. The molecule has 0 amide bonds. The van der Waals surface area contributed by atoms with Crippen molar-refractivity contribution in [1.82, 2.24) is 0 Å². The maximum Gasteiger partial charge on any atom is 0.335 e. The maximum absolute atomic E-state index is 10.3. The highest BCUT2D eigenvalue weighted by Gasteiger charge is 2.28. The molecule has 0 radical (unpaired) electrons. The summed E-state index contributed by atoms with van der Waals surface area (Å²) in [5.41, 5.74) is 0. The summed E-state index contributed by atoms with van der Waals surface area (Å²) in [7, 11) is 0. The summed E-state index contributed by atoms with van der Waals surface area (Å²) in [6.45, 7) is -0.995. The van der Waals surface area contributed by atoms with Crippen molar-refractivity contribution in [2.45, 2.75) is 12.2 Å². The van der Waals surface area contributed by atoms with Crippen molar-refractivity contribution in [1.29, 1.82) is 0 Å². The van der Waals surface area contributed by atoms with Gasteiger partial charge >= 0.3 is 5.97 Å². The summed E-state index contributed by atoms with van der Waals surface area (Å²) < 4.78 is 0. The van der Waals surface area contributed by atoms with E-state index in [2.05, 4.69) is 0 Å². The molecule has 0 aromatic rings. The van der Waals surface area contributed by atoms with Crippen LogP contribution in [0.25, 0.3) is 0 Å².